The van der Waals surface area contributed by atoms with Crippen LogP contribution >= 0.6 is 0 Å². The zero-order valence-corrected chi connectivity index (χ0v) is 13.6. The van der Waals surface area contributed by atoms with Crippen molar-refractivity contribution >= 4 is 17.5 Å². The van der Waals surface area contributed by atoms with Gasteiger partial charge in [0.1, 0.15) is 0 Å². The summed E-state index contributed by atoms with van der Waals surface area (Å²) in [6.45, 7) is 3.00. The first kappa shape index (κ1) is 14.9. The molecule has 2 aromatic rings. The number of hydrogen-bond donors (Lipinski definition) is 1. The second-order valence-electron chi connectivity index (χ2n) is 6.60. The molecule has 0 radical (unpaired) electrons. The van der Waals surface area contributed by atoms with Crippen molar-refractivity contribution in [2.45, 2.75) is 25.2 Å². The normalized spacial score (nSPS) is 22.4. The molecule has 1 atom stereocenters. The maximum Gasteiger partial charge on any atom is 0.255 e. The lowest BCUT2D eigenvalue weighted by Crippen LogP contribution is -2.52. The van der Waals surface area contributed by atoms with Gasteiger partial charge in [-0.2, -0.15) is 0 Å². The first-order chi connectivity index (χ1) is 11.6. The molecular weight excluding hydrogens is 302 g/mol. The summed E-state index contributed by atoms with van der Waals surface area (Å²) in [4.78, 5) is 31.5. The van der Waals surface area contributed by atoms with E-state index in [9.17, 15) is 9.59 Å². The quantitative estimate of drug-likeness (QED) is 0.878. The van der Waals surface area contributed by atoms with E-state index in [1.165, 1.54) is 0 Å². The molecule has 5 heteroatoms. The molecule has 1 saturated heterocycles. The number of likely N-dealkylation sites (tertiary alicyclic amines) is 1. The van der Waals surface area contributed by atoms with Crippen molar-refractivity contribution in [3.63, 3.8) is 0 Å². The summed E-state index contributed by atoms with van der Waals surface area (Å²) >= 11 is 0. The van der Waals surface area contributed by atoms with Crippen LogP contribution in [0.5, 0.6) is 0 Å². The van der Waals surface area contributed by atoms with Crippen LogP contribution in [-0.2, 0) is 10.2 Å². The Morgan fingerprint density at radius 1 is 1.29 bits per heavy atom. The molecule has 0 aliphatic carbocycles. The Labute approximate surface area is 140 Å². The van der Waals surface area contributed by atoms with Gasteiger partial charge in [0, 0.05) is 31.2 Å². The van der Waals surface area contributed by atoms with Gasteiger partial charge >= 0.3 is 0 Å². The van der Waals surface area contributed by atoms with Crippen molar-refractivity contribution in [1.29, 1.82) is 0 Å². The fraction of sp³-hybridized carbons (Fsp3) is 0.316. The van der Waals surface area contributed by atoms with Gasteiger partial charge < -0.3 is 10.2 Å². The first-order valence-electron chi connectivity index (χ1n) is 8.23. The van der Waals surface area contributed by atoms with E-state index in [1.807, 2.05) is 37.3 Å². The number of carbonyl (C=O) groups is 2. The zero-order valence-electron chi connectivity index (χ0n) is 13.6. The average Bonchev–Trinajstić information content (AvgIpc) is 2.87. The van der Waals surface area contributed by atoms with Crippen LogP contribution < -0.4 is 5.32 Å². The molecule has 2 amide bonds. The second kappa shape index (κ2) is 5.44. The highest BCUT2D eigenvalue weighted by Gasteiger charge is 2.49. The van der Waals surface area contributed by atoms with Gasteiger partial charge in [0.2, 0.25) is 5.91 Å². The number of carbonyl (C=O) groups excluding carboxylic acids is 2. The Bertz CT molecular complexity index is 833. The third-order valence-electron chi connectivity index (χ3n) is 5.17. The molecule has 3 heterocycles. The molecule has 0 unspecified atom stereocenters. The lowest BCUT2D eigenvalue weighted by atomic mass is 9.75. The van der Waals surface area contributed by atoms with Crippen molar-refractivity contribution in [2.75, 3.05) is 18.4 Å². The number of para-hydroxylation sites is 1. The van der Waals surface area contributed by atoms with Crippen LogP contribution in [0.2, 0.25) is 0 Å². The largest absolute Gasteiger partial charge is 0.337 e. The molecule has 1 aromatic carbocycles. The number of aryl methyl sites for hydroxylation is 1. The summed E-state index contributed by atoms with van der Waals surface area (Å²) in [5, 5.41) is 2.98. The Hall–Kier alpha value is -2.69. The number of anilines is 1. The predicted molar refractivity (Wildman–Crippen MR) is 90.9 cm³/mol. The second-order valence-corrected chi connectivity index (χ2v) is 6.60. The van der Waals surface area contributed by atoms with Gasteiger partial charge in [-0.25, -0.2) is 0 Å². The van der Waals surface area contributed by atoms with E-state index in [0.717, 1.165) is 29.7 Å². The molecule has 5 nitrogen and oxygen atoms in total. The maximum atomic E-state index is 12.9. The summed E-state index contributed by atoms with van der Waals surface area (Å²) < 4.78 is 0. The SMILES string of the molecule is Cc1ccncc1C(=O)N1CCC[C@]2(C1)C(=O)Nc1ccccc12. The number of nitrogens with zero attached hydrogens (tertiary/aromatic N) is 2. The van der Waals surface area contributed by atoms with Gasteiger partial charge in [0.25, 0.3) is 5.91 Å². The standard InChI is InChI=1S/C19H19N3O2/c1-13-7-9-20-11-14(13)17(23)22-10-4-8-19(12-22)15-5-2-3-6-16(15)21-18(19)24/h2-3,5-7,9,11H,4,8,10,12H2,1H3,(H,21,24)/t19-/m1/s1. The van der Waals surface area contributed by atoms with Gasteiger partial charge in [-0.15, -0.1) is 0 Å². The summed E-state index contributed by atoms with van der Waals surface area (Å²) in [6.07, 6.45) is 4.88. The van der Waals surface area contributed by atoms with Crippen LogP contribution in [0.3, 0.4) is 0 Å². The third-order valence-corrected chi connectivity index (χ3v) is 5.17. The molecule has 0 bridgehead atoms. The summed E-state index contributed by atoms with van der Waals surface area (Å²) in [5.74, 6) is -0.0408. The fourth-order valence-corrected chi connectivity index (χ4v) is 3.87. The fourth-order valence-electron chi connectivity index (χ4n) is 3.87. The van der Waals surface area contributed by atoms with Crippen LogP contribution in [0, 0.1) is 6.92 Å². The van der Waals surface area contributed by atoms with Gasteiger partial charge in [-0.1, -0.05) is 18.2 Å². The number of aromatic nitrogens is 1. The van der Waals surface area contributed by atoms with E-state index in [-0.39, 0.29) is 11.8 Å². The van der Waals surface area contributed by atoms with E-state index in [1.54, 1.807) is 17.3 Å². The monoisotopic (exact) mass is 321 g/mol. The molecule has 1 N–H and O–H groups in total. The van der Waals surface area contributed by atoms with Crippen LogP contribution in [0.15, 0.2) is 42.7 Å². The minimum absolute atomic E-state index is 0.00380. The predicted octanol–water partition coefficient (Wildman–Crippen LogP) is 2.52. The highest BCUT2D eigenvalue weighted by molar-refractivity contribution is 6.07. The lowest BCUT2D eigenvalue weighted by Gasteiger charge is -2.39. The number of benzene rings is 1. The molecule has 2 aliphatic rings. The topological polar surface area (TPSA) is 62.3 Å². The van der Waals surface area contributed by atoms with Gasteiger partial charge in [0.15, 0.2) is 0 Å². The smallest absolute Gasteiger partial charge is 0.255 e. The molecule has 0 saturated carbocycles. The Morgan fingerprint density at radius 3 is 2.96 bits per heavy atom. The number of fused-ring (bicyclic) bond motifs is 2. The number of amides is 2. The van der Waals surface area contributed by atoms with Crippen molar-refractivity contribution < 1.29 is 9.59 Å². The van der Waals surface area contributed by atoms with Crippen molar-refractivity contribution in [2.24, 2.45) is 0 Å². The summed E-state index contributed by atoms with van der Waals surface area (Å²) in [5.41, 5.74) is 2.78. The Morgan fingerprint density at radius 2 is 2.12 bits per heavy atom. The van der Waals surface area contributed by atoms with E-state index < -0.39 is 5.41 Å². The average molecular weight is 321 g/mol. The summed E-state index contributed by atoms with van der Waals surface area (Å²) in [7, 11) is 0. The van der Waals surface area contributed by atoms with E-state index in [2.05, 4.69) is 10.3 Å². The highest BCUT2D eigenvalue weighted by Crippen LogP contribution is 2.43. The summed E-state index contributed by atoms with van der Waals surface area (Å²) in [6, 6.07) is 9.63. The first-order valence-corrected chi connectivity index (χ1v) is 8.23. The maximum absolute atomic E-state index is 12.9. The molecule has 1 fully saturated rings. The number of rotatable bonds is 1. The molecule has 4 rings (SSSR count). The lowest BCUT2D eigenvalue weighted by molar-refractivity contribution is -0.122. The number of nitrogens with one attached hydrogen (secondary N) is 1. The molecule has 24 heavy (non-hydrogen) atoms. The number of piperidine rings is 1. The third kappa shape index (κ3) is 2.12. The van der Waals surface area contributed by atoms with Crippen LogP contribution in [-0.4, -0.2) is 34.8 Å². The van der Waals surface area contributed by atoms with E-state index in [4.69, 9.17) is 0 Å². The van der Waals surface area contributed by atoms with E-state index >= 15 is 0 Å². The van der Waals surface area contributed by atoms with E-state index in [0.29, 0.717) is 18.7 Å². The zero-order chi connectivity index (χ0) is 16.7. The van der Waals surface area contributed by atoms with Gasteiger partial charge in [-0.3, -0.25) is 14.6 Å². The Balaban J connectivity index is 1.69. The van der Waals surface area contributed by atoms with Crippen molar-refractivity contribution in [3.05, 3.63) is 59.4 Å². The van der Waals surface area contributed by atoms with Crippen molar-refractivity contribution in [3.8, 4) is 0 Å². The highest BCUT2D eigenvalue weighted by atomic mass is 16.2. The Kier molecular flexibility index (Phi) is 3.37. The molecule has 1 spiro atoms. The van der Waals surface area contributed by atoms with Gasteiger partial charge in [-0.05, 0) is 43.0 Å². The van der Waals surface area contributed by atoms with Crippen LogP contribution in [0.1, 0.15) is 34.3 Å². The number of hydrogen-bond acceptors (Lipinski definition) is 3. The van der Waals surface area contributed by atoms with Crippen LogP contribution in [0.25, 0.3) is 0 Å². The van der Waals surface area contributed by atoms with Crippen molar-refractivity contribution in [1.82, 2.24) is 9.88 Å². The van der Waals surface area contributed by atoms with Gasteiger partial charge in [0.05, 0.1) is 11.0 Å². The minimum Gasteiger partial charge on any atom is -0.337 e. The minimum atomic E-state index is -0.624. The molecular formula is C19H19N3O2. The molecule has 2 aliphatic heterocycles. The molecule has 1 aromatic heterocycles. The molecule has 122 valence electrons. The van der Waals surface area contributed by atoms with Crippen LogP contribution in [0.4, 0.5) is 5.69 Å². The number of pyridine rings is 1.